The molecule has 0 amide bonds. The lowest BCUT2D eigenvalue weighted by atomic mass is 9.83. The van der Waals surface area contributed by atoms with E-state index in [0.717, 1.165) is 5.56 Å². The SMILES string of the molecule is C=C[C@H](c1ccc(CP(C)(=O)OC(C)(C)C)cc1)[C@H](CC(=O)OC(C)(C)C)C(=O)O. The number of carbonyl (C=O) groups excluding carboxylic acids is 1. The number of aliphatic carboxylic acids is 1. The van der Waals surface area contributed by atoms with E-state index in [0.29, 0.717) is 5.56 Å². The van der Waals surface area contributed by atoms with Crippen LogP contribution < -0.4 is 0 Å². The standard InChI is InChI=1S/C23H35O6P/c1-9-18(19(21(25)26)14-20(24)28-22(2,3)4)17-12-10-16(11-13-17)15-30(8,27)29-23(5,6)7/h9-13,18-19H,1,14-15H2,2-8H3,(H,25,26)/t18-,19+,30?/m1/s1. The van der Waals surface area contributed by atoms with Crippen molar-refractivity contribution in [1.29, 1.82) is 0 Å². The molecule has 0 saturated heterocycles. The Hall–Kier alpha value is -1.91. The van der Waals surface area contributed by atoms with Crippen LogP contribution in [0.4, 0.5) is 0 Å². The van der Waals surface area contributed by atoms with E-state index < -0.39 is 42.3 Å². The molecule has 0 radical (unpaired) electrons. The molecule has 0 aliphatic carbocycles. The van der Waals surface area contributed by atoms with Gasteiger partial charge >= 0.3 is 11.9 Å². The molecule has 6 nitrogen and oxygen atoms in total. The number of carboxylic acids is 1. The second-order valence-electron chi connectivity index (χ2n) is 9.61. The number of carboxylic acid groups (broad SMARTS) is 1. The minimum atomic E-state index is -2.83. The van der Waals surface area contributed by atoms with Crippen LogP contribution in [0.25, 0.3) is 0 Å². The molecule has 30 heavy (non-hydrogen) atoms. The largest absolute Gasteiger partial charge is 0.481 e. The molecule has 0 saturated carbocycles. The Morgan fingerprint density at radius 1 is 1.10 bits per heavy atom. The van der Waals surface area contributed by atoms with Gasteiger partial charge in [-0.25, -0.2) is 0 Å². The minimum absolute atomic E-state index is 0.255. The summed E-state index contributed by atoms with van der Waals surface area (Å²) in [5.74, 6) is -3.22. The number of carbonyl (C=O) groups is 2. The fourth-order valence-corrected chi connectivity index (χ4v) is 5.35. The number of hydrogen-bond acceptors (Lipinski definition) is 5. The first-order valence-corrected chi connectivity index (χ1v) is 12.2. The van der Waals surface area contributed by atoms with Crippen molar-refractivity contribution in [2.45, 2.75) is 71.2 Å². The van der Waals surface area contributed by atoms with E-state index in [2.05, 4.69) is 6.58 Å². The Morgan fingerprint density at radius 2 is 1.63 bits per heavy atom. The lowest BCUT2D eigenvalue weighted by molar-refractivity contribution is -0.160. The molecule has 1 aromatic rings. The van der Waals surface area contributed by atoms with E-state index >= 15 is 0 Å². The van der Waals surface area contributed by atoms with Crippen molar-refractivity contribution in [2.24, 2.45) is 5.92 Å². The predicted molar refractivity (Wildman–Crippen MR) is 119 cm³/mol. The first kappa shape index (κ1) is 26.1. The number of ether oxygens (including phenoxy) is 1. The third-order valence-corrected chi connectivity index (χ3v) is 5.99. The zero-order valence-electron chi connectivity index (χ0n) is 19.1. The maximum atomic E-state index is 12.7. The van der Waals surface area contributed by atoms with Gasteiger partial charge in [0.15, 0.2) is 0 Å². The van der Waals surface area contributed by atoms with Gasteiger partial charge in [0.05, 0.1) is 17.9 Å². The van der Waals surface area contributed by atoms with Crippen molar-refractivity contribution < 1.29 is 28.5 Å². The van der Waals surface area contributed by atoms with Crippen LogP contribution in [0.1, 0.15) is 65.0 Å². The van der Waals surface area contributed by atoms with Gasteiger partial charge < -0.3 is 14.4 Å². The predicted octanol–water partition coefficient (Wildman–Crippen LogP) is 5.61. The first-order valence-electron chi connectivity index (χ1n) is 9.96. The minimum Gasteiger partial charge on any atom is -0.481 e. The van der Waals surface area contributed by atoms with E-state index in [1.54, 1.807) is 51.7 Å². The van der Waals surface area contributed by atoms with Gasteiger partial charge in [-0.15, -0.1) is 6.58 Å². The van der Waals surface area contributed by atoms with Gasteiger partial charge in [-0.05, 0) is 52.7 Å². The summed E-state index contributed by atoms with van der Waals surface area (Å²) in [7, 11) is -2.83. The molecule has 0 spiro atoms. The van der Waals surface area contributed by atoms with Crippen molar-refractivity contribution in [3.63, 3.8) is 0 Å². The van der Waals surface area contributed by atoms with Crippen LogP contribution >= 0.6 is 7.37 Å². The summed E-state index contributed by atoms with van der Waals surface area (Å²) in [6.45, 7) is 16.2. The second-order valence-corrected chi connectivity index (χ2v) is 12.1. The maximum absolute atomic E-state index is 12.7. The van der Waals surface area contributed by atoms with Gasteiger partial charge in [0, 0.05) is 18.7 Å². The highest BCUT2D eigenvalue weighted by Gasteiger charge is 2.32. The van der Waals surface area contributed by atoms with E-state index in [9.17, 15) is 19.3 Å². The number of rotatable bonds is 9. The van der Waals surface area contributed by atoms with Crippen molar-refractivity contribution in [2.75, 3.05) is 6.66 Å². The Bertz CT molecular complexity index is 798. The fourth-order valence-electron chi connectivity index (χ4n) is 3.25. The molecular formula is C23H35O6P. The maximum Gasteiger partial charge on any atom is 0.308 e. The molecule has 0 aliphatic rings. The van der Waals surface area contributed by atoms with Crippen LogP contribution in [0, 0.1) is 5.92 Å². The molecular weight excluding hydrogens is 403 g/mol. The van der Waals surface area contributed by atoms with Crippen LogP contribution in [0.2, 0.25) is 0 Å². The summed E-state index contributed by atoms with van der Waals surface area (Å²) >= 11 is 0. The molecule has 0 aromatic heterocycles. The van der Waals surface area contributed by atoms with Crippen molar-refractivity contribution in [1.82, 2.24) is 0 Å². The van der Waals surface area contributed by atoms with Gasteiger partial charge in [0.2, 0.25) is 7.37 Å². The van der Waals surface area contributed by atoms with Crippen LogP contribution in [-0.4, -0.2) is 34.9 Å². The summed E-state index contributed by atoms with van der Waals surface area (Å²) in [6.07, 6.45) is 1.56. The highest BCUT2D eigenvalue weighted by molar-refractivity contribution is 7.57. The van der Waals surface area contributed by atoms with Crippen molar-refractivity contribution in [3.8, 4) is 0 Å². The summed E-state index contributed by atoms with van der Waals surface area (Å²) in [4.78, 5) is 24.0. The molecule has 0 bridgehead atoms. The number of allylic oxidation sites excluding steroid dienone is 1. The Labute approximate surface area is 180 Å². The van der Waals surface area contributed by atoms with E-state index in [1.165, 1.54) is 6.08 Å². The van der Waals surface area contributed by atoms with Crippen molar-refractivity contribution in [3.05, 3.63) is 48.0 Å². The fraction of sp³-hybridized carbons (Fsp3) is 0.565. The Balaban J connectivity index is 3.01. The van der Waals surface area contributed by atoms with Crippen molar-refractivity contribution >= 4 is 19.3 Å². The van der Waals surface area contributed by atoms with Gasteiger partial charge in [-0.1, -0.05) is 30.3 Å². The monoisotopic (exact) mass is 438 g/mol. The van der Waals surface area contributed by atoms with Crippen LogP contribution in [0.15, 0.2) is 36.9 Å². The zero-order chi connectivity index (χ0) is 23.3. The number of benzene rings is 1. The van der Waals surface area contributed by atoms with Crippen LogP contribution in [0.5, 0.6) is 0 Å². The highest BCUT2D eigenvalue weighted by atomic mass is 31.2. The molecule has 168 valence electrons. The van der Waals surface area contributed by atoms with E-state index in [1.807, 2.05) is 20.8 Å². The summed E-state index contributed by atoms with van der Waals surface area (Å²) in [5, 5.41) is 9.69. The summed E-state index contributed by atoms with van der Waals surface area (Å²) in [5.41, 5.74) is 0.353. The normalized spacial score (nSPS) is 16.2. The Kier molecular flexibility index (Phi) is 8.65. The van der Waals surface area contributed by atoms with Gasteiger partial charge in [0.25, 0.3) is 0 Å². The second kappa shape index (κ2) is 9.93. The van der Waals surface area contributed by atoms with Gasteiger partial charge in [-0.2, -0.15) is 0 Å². The van der Waals surface area contributed by atoms with E-state index in [4.69, 9.17) is 9.26 Å². The lowest BCUT2D eigenvalue weighted by Crippen LogP contribution is -2.29. The zero-order valence-corrected chi connectivity index (χ0v) is 20.0. The molecule has 1 aromatic carbocycles. The molecule has 1 N–H and O–H groups in total. The average Bonchev–Trinajstić information content (AvgIpc) is 2.51. The Morgan fingerprint density at radius 3 is 2.03 bits per heavy atom. The highest BCUT2D eigenvalue weighted by Crippen LogP contribution is 2.49. The molecule has 3 atom stereocenters. The smallest absolute Gasteiger partial charge is 0.308 e. The topological polar surface area (TPSA) is 89.9 Å². The molecule has 1 unspecified atom stereocenters. The average molecular weight is 439 g/mol. The summed E-state index contributed by atoms with van der Waals surface area (Å²) in [6, 6.07) is 7.17. The van der Waals surface area contributed by atoms with Gasteiger partial charge in [-0.3, -0.25) is 14.2 Å². The summed E-state index contributed by atoms with van der Waals surface area (Å²) < 4.78 is 23.7. The van der Waals surface area contributed by atoms with Crippen LogP contribution in [-0.2, 0) is 29.6 Å². The molecule has 1 rings (SSSR count). The third kappa shape index (κ3) is 9.27. The number of esters is 1. The van der Waals surface area contributed by atoms with E-state index in [-0.39, 0.29) is 12.6 Å². The van der Waals surface area contributed by atoms with Gasteiger partial charge in [0.1, 0.15) is 5.60 Å². The van der Waals surface area contributed by atoms with Crippen LogP contribution in [0.3, 0.4) is 0 Å². The lowest BCUT2D eigenvalue weighted by Gasteiger charge is -2.26. The molecule has 0 aliphatic heterocycles. The molecule has 0 fully saturated rings. The first-order chi connectivity index (χ1) is 13.5. The quantitative estimate of drug-likeness (QED) is 0.306. The molecule has 0 heterocycles. The number of hydrogen-bond donors (Lipinski definition) is 1. The molecule has 7 heteroatoms. The third-order valence-electron chi connectivity index (χ3n) is 4.11.